The monoisotopic (exact) mass is 275 g/mol. The zero-order valence-electron chi connectivity index (χ0n) is 10.8. The minimum atomic E-state index is 0. The van der Waals surface area contributed by atoms with Crippen LogP contribution in [0.1, 0.15) is 11.1 Å². The normalized spacial score (nSPS) is 10.7. The summed E-state index contributed by atoms with van der Waals surface area (Å²) < 4.78 is 0. The third-order valence-electron chi connectivity index (χ3n) is 2.60. The van der Waals surface area contributed by atoms with Gasteiger partial charge in [-0.1, -0.05) is 48.0 Å². The minimum absolute atomic E-state index is 0. The van der Waals surface area contributed by atoms with Crippen LogP contribution in [-0.4, -0.2) is 5.96 Å². The standard InChI is InChI=1S/C15H17N3.ClH/c1-12-7-9-14(10-8-12)18-15(16)17-11-13-5-3-2-4-6-13;/h2-10H,11H2,1H3,(H3,16,17,18);1H. The van der Waals surface area contributed by atoms with E-state index in [1.54, 1.807) is 0 Å². The maximum atomic E-state index is 5.83. The molecule has 2 aromatic carbocycles. The second kappa shape index (κ2) is 7.44. The molecule has 0 atom stereocenters. The molecule has 3 N–H and O–H groups in total. The number of hydrogen-bond donors (Lipinski definition) is 2. The average molecular weight is 276 g/mol. The van der Waals surface area contributed by atoms with Crippen LogP contribution in [0.5, 0.6) is 0 Å². The van der Waals surface area contributed by atoms with Crippen LogP contribution < -0.4 is 11.1 Å². The molecule has 0 bridgehead atoms. The van der Waals surface area contributed by atoms with Crippen molar-refractivity contribution >= 4 is 24.1 Å². The molecular weight excluding hydrogens is 258 g/mol. The molecule has 2 rings (SSSR count). The third kappa shape index (κ3) is 5.02. The fraction of sp³-hybridized carbons (Fsp3) is 0.133. The largest absolute Gasteiger partial charge is 0.370 e. The van der Waals surface area contributed by atoms with Crippen molar-refractivity contribution in [2.24, 2.45) is 10.7 Å². The summed E-state index contributed by atoms with van der Waals surface area (Å²) in [5.74, 6) is 0.433. The van der Waals surface area contributed by atoms with Crippen LogP contribution in [0.3, 0.4) is 0 Å². The van der Waals surface area contributed by atoms with E-state index in [-0.39, 0.29) is 12.4 Å². The van der Waals surface area contributed by atoms with Gasteiger partial charge in [-0.2, -0.15) is 0 Å². The first kappa shape index (κ1) is 15.1. The molecule has 0 saturated heterocycles. The Morgan fingerprint density at radius 2 is 1.68 bits per heavy atom. The molecule has 0 aliphatic carbocycles. The second-order valence-electron chi connectivity index (χ2n) is 4.18. The van der Waals surface area contributed by atoms with E-state index in [1.807, 2.05) is 54.6 Å². The van der Waals surface area contributed by atoms with Crippen LogP contribution in [0.2, 0.25) is 0 Å². The van der Waals surface area contributed by atoms with Crippen molar-refractivity contribution in [3.05, 3.63) is 65.7 Å². The smallest absolute Gasteiger partial charge is 0.193 e. The molecule has 19 heavy (non-hydrogen) atoms. The van der Waals surface area contributed by atoms with Gasteiger partial charge in [0.05, 0.1) is 6.54 Å². The van der Waals surface area contributed by atoms with Crippen molar-refractivity contribution < 1.29 is 0 Å². The first-order valence-electron chi connectivity index (χ1n) is 5.91. The third-order valence-corrected chi connectivity index (χ3v) is 2.60. The van der Waals surface area contributed by atoms with Crippen LogP contribution in [0.15, 0.2) is 59.6 Å². The van der Waals surface area contributed by atoms with Crippen LogP contribution in [-0.2, 0) is 6.54 Å². The van der Waals surface area contributed by atoms with Crippen molar-refractivity contribution in [1.29, 1.82) is 0 Å². The van der Waals surface area contributed by atoms with Crippen molar-refractivity contribution in [1.82, 2.24) is 0 Å². The highest BCUT2D eigenvalue weighted by Gasteiger charge is 1.95. The molecule has 0 amide bonds. The zero-order valence-corrected chi connectivity index (χ0v) is 11.7. The fourth-order valence-corrected chi connectivity index (χ4v) is 1.58. The van der Waals surface area contributed by atoms with Gasteiger partial charge >= 0.3 is 0 Å². The Balaban J connectivity index is 0.00000180. The number of nitrogens with zero attached hydrogens (tertiary/aromatic N) is 1. The van der Waals surface area contributed by atoms with E-state index in [4.69, 9.17) is 5.73 Å². The number of hydrogen-bond acceptors (Lipinski definition) is 1. The number of anilines is 1. The first-order valence-corrected chi connectivity index (χ1v) is 5.91. The quantitative estimate of drug-likeness (QED) is 0.667. The van der Waals surface area contributed by atoms with Crippen LogP contribution in [0, 0.1) is 6.92 Å². The maximum absolute atomic E-state index is 5.83. The highest BCUT2D eigenvalue weighted by Crippen LogP contribution is 2.08. The zero-order chi connectivity index (χ0) is 12.8. The topological polar surface area (TPSA) is 50.4 Å². The van der Waals surface area contributed by atoms with Gasteiger partial charge in [-0.3, -0.25) is 0 Å². The fourth-order valence-electron chi connectivity index (χ4n) is 1.58. The maximum Gasteiger partial charge on any atom is 0.193 e. The van der Waals surface area contributed by atoms with Gasteiger partial charge in [-0.05, 0) is 24.6 Å². The lowest BCUT2D eigenvalue weighted by Gasteiger charge is -2.05. The number of guanidine groups is 1. The van der Waals surface area contributed by atoms with Crippen molar-refractivity contribution in [3.8, 4) is 0 Å². The molecule has 0 spiro atoms. The molecule has 2 aromatic rings. The molecule has 0 aliphatic heterocycles. The Morgan fingerprint density at radius 1 is 1.05 bits per heavy atom. The summed E-state index contributed by atoms with van der Waals surface area (Å²) in [5, 5.41) is 3.07. The molecule has 0 radical (unpaired) electrons. The summed E-state index contributed by atoms with van der Waals surface area (Å²) in [6.07, 6.45) is 0. The van der Waals surface area contributed by atoms with E-state index < -0.39 is 0 Å². The van der Waals surface area contributed by atoms with Gasteiger partial charge < -0.3 is 11.1 Å². The Hall–Kier alpha value is -2.00. The van der Waals surface area contributed by atoms with Gasteiger partial charge in [-0.25, -0.2) is 4.99 Å². The van der Waals surface area contributed by atoms with Crippen molar-refractivity contribution in [2.75, 3.05) is 5.32 Å². The molecule has 0 unspecified atom stereocenters. The number of rotatable bonds is 3. The van der Waals surface area contributed by atoms with E-state index in [2.05, 4.69) is 17.2 Å². The molecule has 3 nitrogen and oxygen atoms in total. The predicted molar refractivity (Wildman–Crippen MR) is 83.8 cm³/mol. The van der Waals surface area contributed by atoms with E-state index in [0.29, 0.717) is 12.5 Å². The molecule has 0 aromatic heterocycles. The molecule has 0 saturated carbocycles. The lowest BCUT2D eigenvalue weighted by atomic mass is 10.2. The summed E-state index contributed by atoms with van der Waals surface area (Å²) in [5.41, 5.74) is 9.15. The Labute approximate surface area is 120 Å². The van der Waals surface area contributed by atoms with E-state index in [0.717, 1.165) is 11.3 Å². The number of halogens is 1. The van der Waals surface area contributed by atoms with Gasteiger partial charge in [0, 0.05) is 5.69 Å². The summed E-state index contributed by atoms with van der Waals surface area (Å²) in [4.78, 5) is 4.30. The van der Waals surface area contributed by atoms with Gasteiger partial charge in [0.1, 0.15) is 0 Å². The Morgan fingerprint density at radius 3 is 2.32 bits per heavy atom. The molecule has 100 valence electrons. The highest BCUT2D eigenvalue weighted by atomic mass is 35.5. The lowest BCUT2D eigenvalue weighted by Crippen LogP contribution is -2.22. The van der Waals surface area contributed by atoms with Crippen molar-refractivity contribution in [2.45, 2.75) is 13.5 Å². The second-order valence-corrected chi connectivity index (χ2v) is 4.18. The predicted octanol–water partition coefficient (Wildman–Crippen LogP) is 3.34. The van der Waals surface area contributed by atoms with E-state index in [1.165, 1.54) is 5.56 Å². The molecule has 0 fully saturated rings. The SMILES string of the molecule is Cc1ccc(NC(N)=NCc2ccccc2)cc1.Cl. The Kier molecular flexibility index (Phi) is 5.90. The van der Waals surface area contributed by atoms with E-state index in [9.17, 15) is 0 Å². The number of nitrogens with two attached hydrogens (primary N) is 1. The number of benzene rings is 2. The van der Waals surface area contributed by atoms with Gasteiger partial charge in [-0.15, -0.1) is 12.4 Å². The summed E-state index contributed by atoms with van der Waals surface area (Å²) in [6.45, 7) is 2.64. The van der Waals surface area contributed by atoms with Crippen LogP contribution in [0.4, 0.5) is 5.69 Å². The van der Waals surface area contributed by atoms with Crippen LogP contribution >= 0.6 is 12.4 Å². The first-order chi connectivity index (χ1) is 8.74. The summed E-state index contributed by atoms with van der Waals surface area (Å²) in [6, 6.07) is 18.1. The van der Waals surface area contributed by atoms with E-state index >= 15 is 0 Å². The van der Waals surface area contributed by atoms with Gasteiger partial charge in [0.2, 0.25) is 0 Å². The molecule has 4 heteroatoms. The summed E-state index contributed by atoms with van der Waals surface area (Å²) in [7, 11) is 0. The number of nitrogens with one attached hydrogen (secondary N) is 1. The lowest BCUT2D eigenvalue weighted by molar-refractivity contribution is 1.06. The minimum Gasteiger partial charge on any atom is -0.370 e. The number of aryl methyl sites for hydroxylation is 1. The average Bonchev–Trinajstić information content (AvgIpc) is 2.40. The van der Waals surface area contributed by atoms with Gasteiger partial charge in [0.15, 0.2) is 5.96 Å². The van der Waals surface area contributed by atoms with Crippen molar-refractivity contribution in [3.63, 3.8) is 0 Å². The summed E-state index contributed by atoms with van der Waals surface area (Å²) >= 11 is 0. The number of aliphatic imine (C=N–C) groups is 1. The highest BCUT2D eigenvalue weighted by molar-refractivity contribution is 5.92. The molecular formula is C15H18ClN3. The molecule has 0 heterocycles. The van der Waals surface area contributed by atoms with Gasteiger partial charge in [0.25, 0.3) is 0 Å². The Bertz CT molecular complexity index is 521. The van der Waals surface area contributed by atoms with Crippen LogP contribution in [0.25, 0.3) is 0 Å². The molecule has 0 aliphatic rings.